The molecular formula is C16H13BrFN3. The number of rotatable bonds is 2. The van der Waals surface area contributed by atoms with Crippen LogP contribution in [0.2, 0.25) is 0 Å². The van der Waals surface area contributed by atoms with Crippen LogP contribution in [0.5, 0.6) is 0 Å². The van der Waals surface area contributed by atoms with E-state index in [2.05, 4.69) is 26.0 Å². The van der Waals surface area contributed by atoms with E-state index in [0.29, 0.717) is 4.47 Å². The number of hydrogen-bond acceptors (Lipinski definition) is 2. The molecule has 0 fully saturated rings. The molecule has 0 amide bonds. The molecule has 0 aliphatic rings. The molecule has 3 rings (SSSR count). The van der Waals surface area contributed by atoms with E-state index in [1.54, 1.807) is 16.8 Å². The van der Waals surface area contributed by atoms with Gasteiger partial charge in [-0.25, -0.2) is 4.39 Å². The van der Waals surface area contributed by atoms with Gasteiger partial charge in [0.1, 0.15) is 11.5 Å². The van der Waals surface area contributed by atoms with Crippen molar-refractivity contribution < 1.29 is 4.39 Å². The summed E-state index contributed by atoms with van der Waals surface area (Å²) in [4.78, 5) is 4.52. The Morgan fingerprint density at radius 1 is 1.19 bits per heavy atom. The van der Waals surface area contributed by atoms with Crippen molar-refractivity contribution in [3.8, 4) is 22.5 Å². The van der Waals surface area contributed by atoms with E-state index in [1.165, 1.54) is 6.07 Å². The van der Waals surface area contributed by atoms with Crippen molar-refractivity contribution in [1.29, 1.82) is 0 Å². The third-order valence-corrected chi connectivity index (χ3v) is 3.80. The largest absolute Gasteiger partial charge is 0.274 e. The summed E-state index contributed by atoms with van der Waals surface area (Å²) in [6, 6.07) is 10.8. The van der Waals surface area contributed by atoms with E-state index in [0.717, 1.165) is 28.2 Å². The second kappa shape index (κ2) is 5.41. The highest BCUT2D eigenvalue weighted by molar-refractivity contribution is 9.10. The molecule has 2 heterocycles. The third kappa shape index (κ3) is 2.74. The molecule has 0 spiro atoms. The monoisotopic (exact) mass is 345 g/mol. The Hall–Kier alpha value is -2.01. The molecule has 0 saturated carbocycles. The summed E-state index contributed by atoms with van der Waals surface area (Å²) in [7, 11) is 1.86. The molecule has 0 bridgehead atoms. The number of halogens is 2. The summed E-state index contributed by atoms with van der Waals surface area (Å²) in [6.07, 6.45) is 1.92. The minimum absolute atomic E-state index is 0.280. The molecule has 21 heavy (non-hydrogen) atoms. The molecule has 0 aliphatic carbocycles. The first-order chi connectivity index (χ1) is 10.0. The predicted molar refractivity (Wildman–Crippen MR) is 84.3 cm³/mol. The van der Waals surface area contributed by atoms with E-state index in [1.807, 2.05) is 38.4 Å². The molecular weight excluding hydrogens is 333 g/mol. The summed E-state index contributed by atoms with van der Waals surface area (Å²) in [6.45, 7) is 1.95. The average molecular weight is 346 g/mol. The van der Waals surface area contributed by atoms with Crippen LogP contribution < -0.4 is 0 Å². The molecule has 2 aromatic heterocycles. The van der Waals surface area contributed by atoms with Gasteiger partial charge in [0.05, 0.1) is 10.2 Å². The van der Waals surface area contributed by atoms with Crippen LogP contribution in [0.1, 0.15) is 5.69 Å². The lowest BCUT2D eigenvalue weighted by Gasteiger charge is -2.04. The smallest absolute Gasteiger partial charge is 0.137 e. The maximum Gasteiger partial charge on any atom is 0.137 e. The van der Waals surface area contributed by atoms with Crippen LogP contribution in [0, 0.1) is 12.7 Å². The number of aryl methyl sites for hydroxylation is 2. The average Bonchev–Trinajstić information content (AvgIpc) is 2.84. The van der Waals surface area contributed by atoms with E-state index in [4.69, 9.17) is 0 Å². The lowest BCUT2D eigenvalue weighted by Crippen LogP contribution is -1.91. The maximum absolute atomic E-state index is 13.4. The van der Waals surface area contributed by atoms with Gasteiger partial charge in [-0.1, -0.05) is 12.1 Å². The van der Waals surface area contributed by atoms with Gasteiger partial charge in [0.2, 0.25) is 0 Å². The minimum atomic E-state index is -0.280. The maximum atomic E-state index is 13.4. The molecule has 3 aromatic rings. The van der Waals surface area contributed by atoms with Gasteiger partial charge < -0.3 is 0 Å². The fraction of sp³-hybridized carbons (Fsp3) is 0.125. The summed E-state index contributed by atoms with van der Waals surface area (Å²) >= 11 is 3.22. The van der Waals surface area contributed by atoms with Gasteiger partial charge in [0.15, 0.2) is 0 Å². The van der Waals surface area contributed by atoms with Gasteiger partial charge in [0, 0.05) is 24.5 Å². The van der Waals surface area contributed by atoms with E-state index in [-0.39, 0.29) is 5.82 Å². The van der Waals surface area contributed by atoms with Crippen molar-refractivity contribution >= 4 is 15.9 Å². The van der Waals surface area contributed by atoms with Crippen molar-refractivity contribution in [3.05, 3.63) is 58.6 Å². The van der Waals surface area contributed by atoms with Gasteiger partial charge in [0.25, 0.3) is 0 Å². The molecule has 0 N–H and O–H groups in total. The molecule has 0 atom stereocenters. The number of hydrogen-bond donors (Lipinski definition) is 0. The zero-order valence-electron chi connectivity index (χ0n) is 11.6. The van der Waals surface area contributed by atoms with Gasteiger partial charge in [-0.3, -0.25) is 9.67 Å². The first-order valence-electron chi connectivity index (χ1n) is 6.47. The number of benzene rings is 1. The van der Waals surface area contributed by atoms with Gasteiger partial charge in [-0.2, -0.15) is 5.10 Å². The Bertz CT molecular complexity index is 811. The Balaban J connectivity index is 2.17. The van der Waals surface area contributed by atoms with Gasteiger partial charge >= 0.3 is 0 Å². The minimum Gasteiger partial charge on any atom is -0.274 e. The third-order valence-electron chi connectivity index (χ3n) is 3.19. The van der Waals surface area contributed by atoms with Crippen molar-refractivity contribution in [1.82, 2.24) is 14.8 Å². The number of nitrogens with zero attached hydrogens (tertiary/aromatic N) is 3. The lowest BCUT2D eigenvalue weighted by atomic mass is 10.0. The molecule has 1 aromatic carbocycles. The second-order valence-corrected chi connectivity index (χ2v) is 5.71. The fourth-order valence-corrected chi connectivity index (χ4v) is 2.61. The molecule has 0 aliphatic heterocycles. The van der Waals surface area contributed by atoms with Crippen molar-refractivity contribution in [2.45, 2.75) is 6.92 Å². The number of pyridine rings is 1. The van der Waals surface area contributed by atoms with E-state index < -0.39 is 0 Å². The van der Waals surface area contributed by atoms with Crippen LogP contribution >= 0.6 is 15.9 Å². The van der Waals surface area contributed by atoms with Gasteiger partial charge in [-0.15, -0.1) is 0 Å². The standard InChI is InChI=1S/C16H13BrFN3/c1-10-4-3-5-15(19-10)16-12(9-21(2)20-16)11-6-7-14(18)13(17)8-11/h3-9H,1-2H3. The van der Waals surface area contributed by atoms with Crippen LogP contribution in [0.25, 0.3) is 22.5 Å². The zero-order valence-corrected chi connectivity index (χ0v) is 13.2. The lowest BCUT2D eigenvalue weighted by molar-refractivity contribution is 0.621. The zero-order chi connectivity index (χ0) is 15.0. The van der Waals surface area contributed by atoms with Crippen molar-refractivity contribution in [2.24, 2.45) is 7.05 Å². The Morgan fingerprint density at radius 3 is 2.71 bits per heavy atom. The Morgan fingerprint density at radius 2 is 2.00 bits per heavy atom. The first kappa shape index (κ1) is 13.9. The van der Waals surface area contributed by atoms with Crippen LogP contribution in [-0.2, 0) is 7.05 Å². The summed E-state index contributed by atoms with van der Waals surface area (Å²) in [5.74, 6) is -0.280. The quantitative estimate of drug-likeness (QED) is 0.690. The van der Waals surface area contributed by atoms with Crippen LogP contribution in [0.4, 0.5) is 4.39 Å². The molecule has 0 saturated heterocycles. The normalized spacial score (nSPS) is 10.9. The molecule has 0 radical (unpaired) electrons. The summed E-state index contributed by atoms with van der Waals surface area (Å²) in [5.41, 5.74) is 4.36. The summed E-state index contributed by atoms with van der Waals surface area (Å²) < 4.78 is 15.6. The predicted octanol–water partition coefficient (Wildman–Crippen LogP) is 4.36. The van der Waals surface area contributed by atoms with Crippen molar-refractivity contribution in [2.75, 3.05) is 0 Å². The highest BCUT2D eigenvalue weighted by atomic mass is 79.9. The Labute approximate surface area is 130 Å². The highest BCUT2D eigenvalue weighted by Gasteiger charge is 2.14. The highest BCUT2D eigenvalue weighted by Crippen LogP contribution is 2.32. The van der Waals surface area contributed by atoms with E-state index >= 15 is 0 Å². The van der Waals surface area contributed by atoms with Crippen LogP contribution in [0.3, 0.4) is 0 Å². The fourth-order valence-electron chi connectivity index (χ4n) is 2.23. The molecule has 0 unspecified atom stereocenters. The van der Waals surface area contributed by atoms with E-state index in [9.17, 15) is 4.39 Å². The van der Waals surface area contributed by atoms with Crippen LogP contribution in [-0.4, -0.2) is 14.8 Å². The van der Waals surface area contributed by atoms with Crippen molar-refractivity contribution in [3.63, 3.8) is 0 Å². The second-order valence-electron chi connectivity index (χ2n) is 4.86. The number of aromatic nitrogens is 3. The summed E-state index contributed by atoms with van der Waals surface area (Å²) in [5, 5.41) is 4.50. The molecule has 3 nitrogen and oxygen atoms in total. The Kier molecular flexibility index (Phi) is 3.59. The van der Waals surface area contributed by atoms with Gasteiger partial charge in [-0.05, 0) is 52.7 Å². The topological polar surface area (TPSA) is 30.7 Å². The molecule has 106 valence electrons. The van der Waals surface area contributed by atoms with Crippen LogP contribution in [0.15, 0.2) is 47.1 Å². The first-order valence-corrected chi connectivity index (χ1v) is 7.27. The SMILES string of the molecule is Cc1cccc(-c2nn(C)cc2-c2ccc(F)c(Br)c2)n1. The molecule has 5 heteroatoms.